The first-order valence-electron chi connectivity index (χ1n) is 12.3. The van der Waals surface area contributed by atoms with Gasteiger partial charge in [0.2, 0.25) is 5.88 Å². The predicted molar refractivity (Wildman–Crippen MR) is 145 cm³/mol. The Kier molecular flexibility index (Phi) is 7.21. The van der Waals surface area contributed by atoms with Crippen molar-refractivity contribution in [3.8, 4) is 28.6 Å². The van der Waals surface area contributed by atoms with Gasteiger partial charge in [-0.3, -0.25) is 0 Å². The van der Waals surface area contributed by atoms with E-state index in [2.05, 4.69) is 78.0 Å². The van der Waals surface area contributed by atoms with Gasteiger partial charge in [-0.05, 0) is 47.5 Å². The Labute approximate surface area is 231 Å². The Morgan fingerprint density at radius 1 is 0.757 bits per heavy atom. The standard InChI is InChI=1S/C32H25N3O.Pt/c1-3-22-16-18-32(34-28(22)4-2)36-25-11-9-10-23(20-25)24-15-17-27-26-12-5-6-13-29(26)35(30(27)21-24)31-14-7-8-19-33-31;/h5-19H,3-4H2,1-2H3;/q-2;+2. The number of pyridine rings is 2. The second kappa shape index (κ2) is 10.7. The van der Waals surface area contributed by atoms with Crippen molar-refractivity contribution in [2.75, 3.05) is 0 Å². The summed E-state index contributed by atoms with van der Waals surface area (Å²) in [7, 11) is 0. The average Bonchev–Trinajstić information content (AvgIpc) is 3.27. The maximum Gasteiger partial charge on any atom is 2.00 e. The fraction of sp³-hybridized carbons (Fsp3) is 0.125. The molecule has 0 fully saturated rings. The largest absolute Gasteiger partial charge is 2.00 e. The Morgan fingerprint density at radius 3 is 2.41 bits per heavy atom. The summed E-state index contributed by atoms with van der Waals surface area (Å²) in [5.74, 6) is 2.09. The number of fused-ring (bicyclic) bond motifs is 3. The van der Waals surface area contributed by atoms with Gasteiger partial charge in [-0.1, -0.05) is 49.6 Å². The van der Waals surface area contributed by atoms with Crippen LogP contribution in [-0.2, 0) is 33.9 Å². The maximum absolute atomic E-state index is 6.12. The first kappa shape index (κ1) is 24.9. The van der Waals surface area contributed by atoms with Crippen molar-refractivity contribution >= 4 is 21.8 Å². The van der Waals surface area contributed by atoms with Gasteiger partial charge in [-0.2, -0.15) is 24.3 Å². The van der Waals surface area contributed by atoms with Gasteiger partial charge in [0, 0.05) is 29.2 Å². The van der Waals surface area contributed by atoms with E-state index in [1.807, 2.05) is 48.7 Å². The van der Waals surface area contributed by atoms with E-state index in [1.54, 1.807) is 0 Å². The van der Waals surface area contributed by atoms with Crippen LogP contribution in [0.2, 0.25) is 0 Å². The zero-order chi connectivity index (χ0) is 24.5. The van der Waals surface area contributed by atoms with Crippen LogP contribution in [-0.4, -0.2) is 14.5 Å². The molecule has 0 spiro atoms. The Bertz CT molecular complexity index is 1690. The van der Waals surface area contributed by atoms with Gasteiger partial charge in [0.05, 0.1) is 0 Å². The summed E-state index contributed by atoms with van der Waals surface area (Å²) >= 11 is 0. The molecule has 4 nitrogen and oxygen atoms in total. The SMILES string of the molecule is CCc1ccc(Oc2[c-]c(-c3[c-]c4c(cc3)c3ccccc3n4-c3ccccn3)ccc2)nc1CC.[Pt+2]. The van der Waals surface area contributed by atoms with Gasteiger partial charge in [0.1, 0.15) is 5.82 Å². The van der Waals surface area contributed by atoms with Crippen molar-refractivity contribution in [1.82, 2.24) is 14.5 Å². The van der Waals surface area contributed by atoms with E-state index in [0.717, 1.165) is 51.9 Å². The molecule has 0 atom stereocenters. The van der Waals surface area contributed by atoms with Gasteiger partial charge in [-0.25, -0.2) is 21.1 Å². The molecule has 0 N–H and O–H groups in total. The molecular weight excluding hydrogens is 637 g/mol. The summed E-state index contributed by atoms with van der Waals surface area (Å²) in [5.41, 5.74) is 6.27. The summed E-state index contributed by atoms with van der Waals surface area (Å²) in [6, 6.07) is 35.6. The fourth-order valence-electron chi connectivity index (χ4n) is 4.75. The van der Waals surface area contributed by atoms with Gasteiger partial charge < -0.3 is 9.30 Å². The average molecular weight is 663 g/mol. The molecule has 3 aromatic heterocycles. The number of benzene rings is 3. The van der Waals surface area contributed by atoms with Crippen LogP contribution in [0.25, 0.3) is 38.8 Å². The number of ether oxygens (including phenoxy) is 1. The summed E-state index contributed by atoms with van der Waals surface area (Å²) in [6.07, 6.45) is 3.66. The first-order chi connectivity index (χ1) is 17.7. The second-order valence-electron chi connectivity index (χ2n) is 8.67. The Balaban J connectivity index is 0.00000280. The topological polar surface area (TPSA) is 39.9 Å². The molecule has 5 heteroatoms. The normalized spacial score (nSPS) is 11.0. The molecule has 0 saturated heterocycles. The molecule has 37 heavy (non-hydrogen) atoms. The van der Waals surface area contributed by atoms with Gasteiger partial charge in [-0.15, -0.1) is 18.2 Å². The van der Waals surface area contributed by atoms with Gasteiger partial charge in [0.15, 0.2) is 0 Å². The molecule has 6 aromatic rings. The van der Waals surface area contributed by atoms with Crippen LogP contribution in [0.5, 0.6) is 11.6 Å². The van der Waals surface area contributed by atoms with E-state index in [-0.39, 0.29) is 21.1 Å². The smallest absolute Gasteiger partial charge is 0.460 e. The number of para-hydroxylation sites is 1. The number of aryl methyl sites for hydroxylation is 2. The van der Waals surface area contributed by atoms with Crippen molar-refractivity contribution in [3.63, 3.8) is 0 Å². The van der Waals surface area contributed by atoms with E-state index >= 15 is 0 Å². The fourth-order valence-corrected chi connectivity index (χ4v) is 4.75. The first-order valence-corrected chi connectivity index (χ1v) is 12.3. The van der Waals surface area contributed by atoms with Crippen LogP contribution in [0.4, 0.5) is 0 Å². The Morgan fingerprint density at radius 2 is 1.59 bits per heavy atom. The summed E-state index contributed by atoms with van der Waals surface area (Å²) in [5, 5.41) is 2.31. The minimum atomic E-state index is 0. The van der Waals surface area contributed by atoms with Crippen molar-refractivity contribution in [1.29, 1.82) is 0 Å². The molecule has 0 aliphatic heterocycles. The zero-order valence-electron chi connectivity index (χ0n) is 20.6. The molecule has 0 aliphatic rings. The van der Waals surface area contributed by atoms with Crippen molar-refractivity contribution in [3.05, 3.63) is 115 Å². The Hall–Kier alpha value is -3.75. The van der Waals surface area contributed by atoms with E-state index in [9.17, 15) is 0 Å². The molecule has 184 valence electrons. The molecule has 3 heterocycles. The molecule has 3 aromatic carbocycles. The van der Waals surface area contributed by atoms with E-state index in [1.165, 1.54) is 10.9 Å². The molecule has 0 radical (unpaired) electrons. The summed E-state index contributed by atoms with van der Waals surface area (Å²) in [4.78, 5) is 9.33. The quantitative estimate of drug-likeness (QED) is 0.171. The third-order valence-electron chi connectivity index (χ3n) is 6.49. The summed E-state index contributed by atoms with van der Waals surface area (Å²) in [6.45, 7) is 4.27. The molecule has 0 aliphatic carbocycles. The number of hydrogen-bond donors (Lipinski definition) is 0. The molecule has 0 saturated carbocycles. The van der Waals surface area contributed by atoms with Crippen LogP contribution >= 0.6 is 0 Å². The van der Waals surface area contributed by atoms with Crippen molar-refractivity contribution in [2.24, 2.45) is 0 Å². The van der Waals surface area contributed by atoms with Crippen LogP contribution in [0, 0.1) is 12.1 Å². The number of rotatable bonds is 6. The molecule has 0 amide bonds. The molecular formula is C32H25N3OPt. The van der Waals surface area contributed by atoms with Gasteiger partial charge in [0.25, 0.3) is 0 Å². The predicted octanol–water partition coefficient (Wildman–Crippen LogP) is 7.76. The zero-order valence-corrected chi connectivity index (χ0v) is 22.9. The third-order valence-corrected chi connectivity index (χ3v) is 6.49. The molecule has 0 bridgehead atoms. The van der Waals surface area contributed by atoms with Crippen molar-refractivity contribution < 1.29 is 25.8 Å². The minimum Gasteiger partial charge on any atom is -0.460 e. The van der Waals surface area contributed by atoms with E-state index < -0.39 is 0 Å². The van der Waals surface area contributed by atoms with Crippen LogP contribution in [0.3, 0.4) is 0 Å². The van der Waals surface area contributed by atoms with Crippen molar-refractivity contribution in [2.45, 2.75) is 26.7 Å². The monoisotopic (exact) mass is 662 g/mol. The van der Waals surface area contributed by atoms with Crippen LogP contribution in [0.1, 0.15) is 25.1 Å². The van der Waals surface area contributed by atoms with E-state index in [4.69, 9.17) is 9.72 Å². The number of hydrogen-bond acceptors (Lipinski definition) is 3. The van der Waals surface area contributed by atoms with Crippen LogP contribution in [0.15, 0.2) is 91.1 Å². The van der Waals surface area contributed by atoms with E-state index in [0.29, 0.717) is 11.6 Å². The molecule has 6 rings (SSSR count). The number of aromatic nitrogens is 3. The minimum absolute atomic E-state index is 0. The van der Waals surface area contributed by atoms with Gasteiger partial charge >= 0.3 is 21.1 Å². The van der Waals surface area contributed by atoms with Crippen LogP contribution < -0.4 is 4.74 Å². The third kappa shape index (κ3) is 4.70. The number of nitrogens with zero attached hydrogens (tertiary/aromatic N) is 3. The molecule has 0 unspecified atom stereocenters. The second-order valence-corrected chi connectivity index (χ2v) is 8.67. The summed E-state index contributed by atoms with van der Waals surface area (Å²) < 4.78 is 8.28. The maximum atomic E-state index is 6.12.